The highest BCUT2D eigenvalue weighted by molar-refractivity contribution is 5.92. The highest BCUT2D eigenvalue weighted by atomic mass is 19.1. The molecule has 1 N–H and O–H groups in total. The fourth-order valence-corrected chi connectivity index (χ4v) is 6.27. The summed E-state index contributed by atoms with van der Waals surface area (Å²) in [4.78, 5) is 44.1. The number of anilines is 2. The topological polar surface area (TPSA) is 96.3 Å². The number of aromatic nitrogens is 4. The van der Waals surface area contributed by atoms with Crippen molar-refractivity contribution >= 4 is 28.4 Å². The van der Waals surface area contributed by atoms with Crippen molar-refractivity contribution < 1.29 is 13.6 Å². The van der Waals surface area contributed by atoms with Crippen LogP contribution < -0.4 is 15.9 Å². The van der Waals surface area contributed by atoms with Crippen LogP contribution in [0.2, 0.25) is 0 Å². The predicted molar refractivity (Wildman–Crippen MR) is 167 cm³/mol. The van der Waals surface area contributed by atoms with E-state index in [0.717, 1.165) is 18.4 Å². The third kappa shape index (κ3) is 5.10. The number of carbonyl (C=O) groups is 1. The van der Waals surface area contributed by atoms with E-state index < -0.39 is 17.3 Å². The largest absolute Gasteiger partial charge is 0.384 e. The van der Waals surface area contributed by atoms with E-state index in [4.69, 9.17) is 4.98 Å². The molecule has 0 aliphatic carbocycles. The Morgan fingerprint density at radius 2 is 1.95 bits per heavy atom. The maximum atomic E-state index is 16.2. The number of carbonyl (C=O) groups excluding carboxylic acids is 1. The van der Waals surface area contributed by atoms with Gasteiger partial charge in [-0.3, -0.25) is 9.78 Å². The lowest BCUT2D eigenvalue weighted by Crippen LogP contribution is -2.54. The Balaban J connectivity index is 1.68. The smallest absolute Gasteiger partial charge is 0.355 e. The lowest BCUT2D eigenvalue weighted by molar-refractivity contribution is -0.126. The van der Waals surface area contributed by atoms with E-state index in [1.54, 1.807) is 23.2 Å². The average molecular weight is 600 g/mol. The summed E-state index contributed by atoms with van der Waals surface area (Å²) in [5.74, 6) is -1.32. The maximum absolute atomic E-state index is 16.2. The first-order valence-corrected chi connectivity index (χ1v) is 15.0. The number of aryl methyl sites for hydroxylation is 1. The minimum absolute atomic E-state index is 0.00363. The van der Waals surface area contributed by atoms with Crippen LogP contribution in [0.25, 0.3) is 28.0 Å². The zero-order valence-electron chi connectivity index (χ0n) is 25.1. The SMILES string of the molecule is C=CC(=O)N1CCN(c2nc(=O)n3c4nc(c(F)cc24)-c2c(F)cccc2NCCCCc2ccnc(C(C)C)c2-3)C(C)C1. The van der Waals surface area contributed by atoms with E-state index in [-0.39, 0.29) is 40.6 Å². The second-order valence-electron chi connectivity index (χ2n) is 11.7. The number of hydrogen-bond acceptors (Lipinski definition) is 7. The molecule has 2 aliphatic heterocycles. The summed E-state index contributed by atoms with van der Waals surface area (Å²) in [5, 5.41) is 3.58. The minimum Gasteiger partial charge on any atom is -0.384 e. The van der Waals surface area contributed by atoms with E-state index >= 15 is 8.78 Å². The molecule has 3 aromatic heterocycles. The molecule has 1 saturated heterocycles. The van der Waals surface area contributed by atoms with Crippen LogP contribution in [0.4, 0.5) is 20.3 Å². The zero-order valence-corrected chi connectivity index (χ0v) is 25.1. The third-order valence-corrected chi connectivity index (χ3v) is 8.43. The quantitative estimate of drug-likeness (QED) is 0.323. The van der Waals surface area contributed by atoms with Gasteiger partial charge in [-0.15, -0.1) is 0 Å². The molecule has 2 bridgehead atoms. The van der Waals surface area contributed by atoms with Crippen molar-refractivity contribution in [2.24, 2.45) is 0 Å². The van der Waals surface area contributed by atoms with Crippen molar-refractivity contribution in [1.82, 2.24) is 24.4 Å². The molecule has 0 saturated carbocycles. The number of nitrogens with one attached hydrogen (secondary N) is 1. The first-order valence-electron chi connectivity index (χ1n) is 15.0. The molecule has 4 aromatic rings. The van der Waals surface area contributed by atoms with E-state index in [1.165, 1.54) is 22.8 Å². The molecular weight excluding hydrogens is 564 g/mol. The second kappa shape index (κ2) is 11.8. The molecule has 6 rings (SSSR count). The van der Waals surface area contributed by atoms with Gasteiger partial charge in [-0.1, -0.05) is 26.5 Å². The number of halogens is 2. The molecule has 5 heterocycles. The Morgan fingerprint density at radius 1 is 1.14 bits per heavy atom. The number of pyridine rings is 2. The number of fused-ring (bicyclic) bond motifs is 5. The van der Waals surface area contributed by atoms with Crippen molar-refractivity contribution in [3.63, 3.8) is 0 Å². The number of nitrogens with zero attached hydrogens (tertiary/aromatic N) is 6. The molecule has 1 unspecified atom stereocenters. The van der Waals surface area contributed by atoms with Crippen molar-refractivity contribution in [3.8, 4) is 16.9 Å². The molecule has 44 heavy (non-hydrogen) atoms. The fourth-order valence-electron chi connectivity index (χ4n) is 6.27. The monoisotopic (exact) mass is 599 g/mol. The molecule has 9 nitrogen and oxygen atoms in total. The van der Waals surface area contributed by atoms with Crippen LogP contribution in [-0.2, 0) is 11.2 Å². The Kier molecular flexibility index (Phi) is 7.87. The van der Waals surface area contributed by atoms with Gasteiger partial charge in [0.15, 0.2) is 11.5 Å². The summed E-state index contributed by atoms with van der Waals surface area (Å²) in [6.45, 7) is 11.2. The Morgan fingerprint density at radius 3 is 2.70 bits per heavy atom. The minimum atomic E-state index is -0.739. The number of piperazine rings is 1. The lowest BCUT2D eigenvalue weighted by Gasteiger charge is -2.40. The second-order valence-corrected chi connectivity index (χ2v) is 11.7. The predicted octanol–water partition coefficient (Wildman–Crippen LogP) is 5.22. The maximum Gasteiger partial charge on any atom is 0.355 e. The van der Waals surface area contributed by atoms with E-state index in [1.807, 2.05) is 31.7 Å². The summed E-state index contributed by atoms with van der Waals surface area (Å²) in [6.07, 6.45) is 5.24. The van der Waals surface area contributed by atoms with Crippen LogP contribution >= 0.6 is 0 Å². The molecule has 2 aliphatic rings. The van der Waals surface area contributed by atoms with E-state index in [9.17, 15) is 9.59 Å². The first-order chi connectivity index (χ1) is 21.2. The number of benzene rings is 1. The fraction of sp³-hybridized carbons (Fsp3) is 0.364. The van der Waals surface area contributed by atoms with Crippen molar-refractivity contribution in [1.29, 1.82) is 0 Å². The van der Waals surface area contributed by atoms with Gasteiger partial charge in [0.25, 0.3) is 0 Å². The standard InChI is InChI=1S/C33H35F2N7O2/c1-5-26(43)40-15-16-41(20(4)18-40)31-22-17-24(35)29-27-23(34)10-8-11-25(27)36-13-7-6-9-21-12-14-37-28(19(2)3)30(21)42(32(22)38-29)33(44)39-31/h5,8,10-12,14,17,19-20,36H,1,6-7,9,13,15-16,18H2,2-4H3. The molecular formula is C33H35F2N7O2. The highest BCUT2D eigenvalue weighted by Gasteiger charge is 2.31. The van der Waals surface area contributed by atoms with Crippen molar-refractivity contribution in [2.45, 2.75) is 52.0 Å². The Bertz CT molecular complexity index is 1840. The molecule has 1 aromatic carbocycles. The first kappa shape index (κ1) is 29.4. The van der Waals surface area contributed by atoms with Crippen LogP contribution in [0.5, 0.6) is 0 Å². The van der Waals surface area contributed by atoms with Crippen LogP contribution in [0.1, 0.15) is 50.8 Å². The van der Waals surface area contributed by atoms with Gasteiger partial charge in [-0.2, -0.15) is 4.98 Å². The molecule has 1 atom stereocenters. The van der Waals surface area contributed by atoms with Gasteiger partial charge in [0.2, 0.25) is 5.91 Å². The van der Waals surface area contributed by atoms with Gasteiger partial charge in [0.1, 0.15) is 17.3 Å². The summed E-state index contributed by atoms with van der Waals surface area (Å²) < 4.78 is 33.1. The lowest BCUT2D eigenvalue weighted by atomic mass is 10.00. The van der Waals surface area contributed by atoms with Gasteiger partial charge in [-0.25, -0.2) is 23.1 Å². The molecule has 0 spiro atoms. The van der Waals surface area contributed by atoms with E-state index in [2.05, 4.69) is 21.9 Å². The Labute approximate surface area is 254 Å². The molecule has 1 fully saturated rings. The third-order valence-electron chi connectivity index (χ3n) is 8.43. The van der Waals surface area contributed by atoms with Gasteiger partial charge < -0.3 is 15.1 Å². The molecule has 228 valence electrons. The van der Waals surface area contributed by atoms with Crippen LogP contribution in [0, 0.1) is 11.6 Å². The average Bonchev–Trinajstić information content (AvgIpc) is 3.01. The van der Waals surface area contributed by atoms with Crippen LogP contribution in [0.3, 0.4) is 0 Å². The van der Waals surface area contributed by atoms with Crippen LogP contribution in [-0.4, -0.2) is 62.5 Å². The number of hydrogen-bond donors (Lipinski definition) is 1. The summed E-state index contributed by atoms with van der Waals surface area (Å²) in [7, 11) is 0. The van der Waals surface area contributed by atoms with Gasteiger partial charge >= 0.3 is 5.69 Å². The summed E-state index contributed by atoms with van der Waals surface area (Å²) >= 11 is 0. The molecule has 0 radical (unpaired) electrons. The Hall–Kier alpha value is -4.67. The summed E-state index contributed by atoms with van der Waals surface area (Å²) in [6, 6.07) is 7.51. The van der Waals surface area contributed by atoms with Gasteiger partial charge in [0.05, 0.1) is 22.3 Å². The normalized spacial score (nSPS) is 16.9. The number of amides is 1. The van der Waals surface area contributed by atoms with Gasteiger partial charge in [-0.05, 0) is 68.0 Å². The molecule has 1 amide bonds. The van der Waals surface area contributed by atoms with E-state index in [0.29, 0.717) is 55.1 Å². The van der Waals surface area contributed by atoms with Gasteiger partial charge in [0, 0.05) is 44.1 Å². The highest BCUT2D eigenvalue weighted by Crippen LogP contribution is 2.37. The molecule has 11 heteroatoms. The van der Waals surface area contributed by atoms with Crippen molar-refractivity contribution in [3.05, 3.63) is 82.6 Å². The summed E-state index contributed by atoms with van der Waals surface area (Å²) in [5.41, 5.74) is 1.98. The van der Waals surface area contributed by atoms with Crippen molar-refractivity contribution in [2.75, 3.05) is 36.4 Å². The zero-order chi connectivity index (χ0) is 31.1. The number of rotatable bonds is 3. The van der Waals surface area contributed by atoms with Crippen LogP contribution in [0.15, 0.2) is 54.0 Å².